The van der Waals surface area contributed by atoms with Crippen LogP contribution >= 0.6 is 0 Å². The number of para-hydroxylation sites is 2. The molecule has 11 aromatic rings. The van der Waals surface area contributed by atoms with E-state index >= 15 is 0 Å². The maximum absolute atomic E-state index is 7.09. The van der Waals surface area contributed by atoms with Gasteiger partial charge < -0.3 is 19.3 Å². The predicted octanol–water partition coefficient (Wildman–Crippen LogP) is 14.0. The highest BCUT2D eigenvalue weighted by Crippen LogP contribution is 2.47. The molecule has 4 nitrogen and oxygen atoms in total. The molecule has 13 rings (SSSR count). The molecule has 2 aliphatic rings. The molecule has 63 heavy (non-hydrogen) atoms. The number of ether oxygens (including phenoxy) is 2. The summed E-state index contributed by atoms with van der Waals surface area (Å²) >= 11 is 0. The number of rotatable bonds is 6. The summed E-state index contributed by atoms with van der Waals surface area (Å²) in [5, 5.41) is 9.34. The number of nitrogens with zero attached hydrogens (tertiary/aromatic N) is 2. The second-order valence-corrected chi connectivity index (χ2v) is 16.4. The van der Waals surface area contributed by atoms with Gasteiger partial charge in [0.25, 0.3) is 6.71 Å². The predicted molar refractivity (Wildman–Crippen MR) is 264 cm³/mol. The standard InChI is InChI=1S/C58H37BN2O2/c1-3-20-42(21-4-1)60(44-32-30-38-16-7-9-18-40(38)34-44)50-36-54-56(48-26-13-11-24-46(48)50)59-57-49-27-14-12-25-47(49)51(37-55(57)63-53-29-15-28-52(62-54)58(53)59)61(43-22-5-2-6-23-43)45-33-31-39-17-8-10-19-41(39)35-45/h1-37H. The van der Waals surface area contributed by atoms with Crippen molar-refractivity contribution in [1.29, 1.82) is 0 Å². The number of hydrogen-bond acceptors (Lipinski definition) is 4. The Labute approximate surface area is 365 Å². The van der Waals surface area contributed by atoms with E-state index in [9.17, 15) is 0 Å². The zero-order chi connectivity index (χ0) is 41.4. The van der Waals surface area contributed by atoms with E-state index in [4.69, 9.17) is 9.47 Å². The van der Waals surface area contributed by atoms with Crippen molar-refractivity contribution < 1.29 is 9.47 Å². The summed E-state index contributed by atoms with van der Waals surface area (Å²) in [5.74, 6) is 3.29. The molecule has 0 aliphatic carbocycles. The normalized spacial score (nSPS) is 12.3. The Kier molecular flexibility index (Phi) is 7.97. The van der Waals surface area contributed by atoms with E-state index in [1.165, 1.54) is 21.5 Å². The summed E-state index contributed by atoms with van der Waals surface area (Å²) in [6.07, 6.45) is 0. The minimum Gasteiger partial charge on any atom is -0.458 e. The van der Waals surface area contributed by atoms with Crippen LogP contribution in [0.3, 0.4) is 0 Å². The third kappa shape index (κ3) is 5.63. The van der Waals surface area contributed by atoms with Crippen molar-refractivity contribution in [2.24, 2.45) is 0 Å². The fourth-order valence-corrected chi connectivity index (χ4v) is 10.1. The van der Waals surface area contributed by atoms with Crippen LogP contribution < -0.4 is 35.7 Å². The molecular weight excluding hydrogens is 767 g/mol. The number of benzene rings is 11. The van der Waals surface area contributed by atoms with Crippen molar-refractivity contribution in [1.82, 2.24) is 0 Å². The summed E-state index contributed by atoms with van der Waals surface area (Å²) in [5.41, 5.74) is 9.72. The van der Waals surface area contributed by atoms with Gasteiger partial charge >= 0.3 is 0 Å². The average Bonchev–Trinajstić information content (AvgIpc) is 3.34. The summed E-state index contributed by atoms with van der Waals surface area (Å²) in [6.45, 7) is -0.168. The lowest BCUT2D eigenvalue weighted by Gasteiger charge is -2.37. The first-order chi connectivity index (χ1) is 31.2. The third-order valence-electron chi connectivity index (χ3n) is 12.9. The Morgan fingerprint density at radius 2 is 0.667 bits per heavy atom. The van der Waals surface area contributed by atoms with Gasteiger partial charge in [-0.25, -0.2) is 0 Å². The van der Waals surface area contributed by atoms with Gasteiger partial charge in [-0.15, -0.1) is 0 Å². The van der Waals surface area contributed by atoms with Gasteiger partial charge in [-0.3, -0.25) is 0 Å². The van der Waals surface area contributed by atoms with Gasteiger partial charge in [0.1, 0.15) is 23.0 Å². The van der Waals surface area contributed by atoms with Crippen LogP contribution in [0.5, 0.6) is 23.0 Å². The number of fused-ring (bicyclic) bond motifs is 10. The van der Waals surface area contributed by atoms with Gasteiger partial charge in [0, 0.05) is 51.1 Å². The average molecular weight is 805 g/mol. The zero-order valence-corrected chi connectivity index (χ0v) is 34.2. The summed E-state index contributed by atoms with van der Waals surface area (Å²) < 4.78 is 14.2. The van der Waals surface area contributed by atoms with Crippen LogP contribution in [0.15, 0.2) is 224 Å². The minimum atomic E-state index is -0.168. The molecule has 0 fully saturated rings. The molecule has 0 radical (unpaired) electrons. The Morgan fingerprint density at radius 1 is 0.270 bits per heavy atom. The molecule has 2 aliphatic heterocycles. The van der Waals surface area contributed by atoms with E-state index in [2.05, 4.69) is 228 Å². The lowest BCUT2D eigenvalue weighted by atomic mass is 9.33. The lowest BCUT2D eigenvalue weighted by molar-refractivity contribution is 0.465. The second kappa shape index (κ2) is 14.2. The quantitative estimate of drug-likeness (QED) is 0.156. The van der Waals surface area contributed by atoms with Crippen molar-refractivity contribution in [3.8, 4) is 23.0 Å². The fraction of sp³-hybridized carbons (Fsp3) is 0. The first-order valence-electron chi connectivity index (χ1n) is 21.5. The van der Waals surface area contributed by atoms with Crippen LogP contribution in [0, 0.1) is 0 Å². The van der Waals surface area contributed by atoms with Crippen LogP contribution in [0.2, 0.25) is 0 Å². The zero-order valence-electron chi connectivity index (χ0n) is 34.2. The van der Waals surface area contributed by atoms with Crippen LogP contribution in [-0.4, -0.2) is 6.71 Å². The molecule has 0 atom stereocenters. The van der Waals surface area contributed by atoms with Crippen molar-refractivity contribution in [3.63, 3.8) is 0 Å². The van der Waals surface area contributed by atoms with Crippen LogP contribution in [-0.2, 0) is 0 Å². The van der Waals surface area contributed by atoms with Gasteiger partial charge in [0.05, 0.1) is 11.4 Å². The van der Waals surface area contributed by atoms with Crippen LogP contribution in [0.1, 0.15) is 0 Å². The van der Waals surface area contributed by atoms with Gasteiger partial charge in [0.15, 0.2) is 0 Å². The SMILES string of the molecule is c1ccc(N(c2ccc3ccccc3c2)c2cc3c(c4ccccc24)B2c4c(cccc4Oc4cc(N(c5ccccc5)c5ccc6ccccc6c5)c5ccccc5c42)O3)cc1. The molecule has 0 N–H and O–H groups in total. The number of hydrogen-bond donors (Lipinski definition) is 0. The minimum absolute atomic E-state index is 0.168. The summed E-state index contributed by atoms with van der Waals surface area (Å²) in [7, 11) is 0. The van der Waals surface area contributed by atoms with Gasteiger partial charge in [-0.05, 0) is 104 Å². The largest absolute Gasteiger partial charge is 0.458 e. The second-order valence-electron chi connectivity index (χ2n) is 16.4. The molecule has 0 spiro atoms. The highest BCUT2D eigenvalue weighted by atomic mass is 16.5. The van der Waals surface area contributed by atoms with Crippen molar-refractivity contribution >= 4 is 100 Å². The third-order valence-corrected chi connectivity index (χ3v) is 12.9. The summed E-state index contributed by atoms with van der Waals surface area (Å²) in [4.78, 5) is 4.74. The van der Waals surface area contributed by atoms with E-state index < -0.39 is 0 Å². The topological polar surface area (TPSA) is 24.9 Å². The Bertz CT molecular complexity index is 3380. The number of anilines is 6. The molecule has 0 saturated carbocycles. The van der Waals surface area contributed by atoms with E-state index in [1.54, 1.807) is 0 Å². The Morgan fingerprint density at radius 3 is 1.13 bits per heavy atom. The molecule has 0 aromatic heterocycles. The molecule has 294 valence electrons. The first kappa shape index (κ1) is 35.5. The molecule has 0 saturated heterocycles. The maximum Gasteiger partial charge on any atom is 0.262 e. The molecule has 5 heteroatoms. The Balaban J connectivity index is 1.06. The maximum atomic E-state index is 7.09. The van der Waals surface area contributed by atoms with Crippen molar-refractivity contribution in [3.05, 3.63) is 224 Å². The highest BCUT2D eigenvalue weighted by Gasteiger charge is 2.43. The molecular formula is C58H37BN2O2. The first-order valence-corrected chi connectivity index (χ1v) is 21.5. The van der Waals surface area contributed by atoms with Gasteiger partial charge in [-0.2, -0.15) is 0 Å². The highest BCUT2D eigenvalue weighted by molar-refractivity contribution is 7.01. The van der Waals surface area contributed by atoms with E-state index in [0.29, 0.717) is 0 Å². The van der Waals surface area contributed by atoms with Crippen LogP contribution in [0.4, 0.5) is 34.1 Å². The van der Waals surface area contributed by atoms with Crippen molar-refractivity contribution in [2.45, 2.75) is 0 Å². The monoisotopic (exact) mass is 804 g/mol. The van der Waals surface area contributed by atoms with E-state index in [-0.39, 0.29) is 6.71 Å². The summed E-state index contributed by atoms with van der Waals surface area (Å²) in [6, 6.07) is 80.2. The fourth-order valence-electron chi connectivity index (χ4n) is 10.1. The smallest absolute Gasteiger partial charge is 0.262 e. The molecule has 2 heterocycles. The molecule has 0 unspecified atom stereocenters. The lowest BCUT2D eigenvalue weighted by Crippen LogP contribution is -2.58. The Hall–Kier alpha value is -8.28. The van der Waals surface area contributed by atoms with E-state index in [0.717, 1.165) is 95.1 Å². The van der Waals surface area contributed by atoms with Crippen LogP contribution in [0.25, 0.3) is 43.1 Å². The van der Waals surface area contributed by atoms with Crippen molar-refractivity contribution in [2.75, 3.05) is 9.80 Å². The molecule has 0 bridgehead atoms. The molecule has 0 amide bonds. The van der Waals surface area contributed by atoms with Gasteiger partial charge in [0.2, 0.25) is 0 Å². The van der Waals surface area contributed by atoms with Gasteiger partial charge in [-0.1, -0.05) is 152 Å². The molecule has 11 aromatic carbocycles. The van der Waals surface area contributed by atoms with E-state index in [1.807, 2.05) is 6.07 Å².